The van der Waals surface area contributed by atoms with Gasteiger partial charge in [0.1, 0.15) is 5.75 Å². The minimum absolute atomic E-state index is 0.0935. The van der Waals surface area contributed by atoms with Gasteiger partial charge in [-0.1, -0.05) is 38.8 Å². The lowest BCUT2D eigenvalue weighted by Crippen LogP contribution is -2.33. The van der Waals surface area contributed by atoms with E-state index in [1.807, 2.05) is 36.1 Å². The van der Waals surface area contributed by atoms with Crippen LogP contribution in [0.15, 0.2) is 24.3 Å². The normalized spacial score (nSPS) is 10.3. The van der Waals surface area contributed by atoms with Crippen molar-refractivity contribution in [2.45, 2.75) is 46.5 Å². The summed E-state index contributed by atoms with van der Waals surface area (Å²) in [5.41, 5.74) is 0.682. The van der Waals surface area contributed by atoms with Gasteiger partial charge in [-0.15, -0.1) is 0 Å². The van der Waals surface area contributed by atoms with Crippen molar-refractivity contribution >= 4 is 5.91 Å². The molecule has 0 spiro atoms. The molecule has 0 aliphatic rings. The average Bonchev–Trinajstić information content (AvgIpc) is 2.48. The summed E-state index contributed by atoms with van der Waals surface area (Å²) in [6.07, 6.45) is 4.30. The molecule has 1 rings (SSSR count). The Morgan fingerprint density at radius 2 is 1.65 bits per heavy atom. The highest BCUT2D eigenvalue weighted by molar-refractivity contribution is 5.96. The lowest BCUT2D eigenvalue weighted by Gasteiger charge is -2.23. The van der Waals surface area contributed by atoms with Crippen LogP contribution in [0.3, 0.4) is 0 Å². The molecule has 0 aromatic heterocycles. The predicted molar refractivity (Wildman–Crippen MR) is 83.3 cm³/mol. The number of ether oxygens (including phenoxy) is 1. The van der Waals surface area contributed by atoms with Crippen LogP contribution in [0.2, 0.25) is 0 Å². The van der Waals surface area contributed by atoms with E-state index in [1.165, 1.54) is 0 Å². The quantitative estimate of drug-likeness (QED) is 0.679. The Kier molecular flexibility index (Phi) is 7.78. The number of para-hydroxylation sites is 1. The van der Waals surface area contributed by atoms with E-state index in [1.54, 1.807) is 0 Å². The summed E-state index contributed by atoms with van der Waals surface area (Å²) in [5, 5.41) is 0. The van der Waals surface area contributed by atoms with E-state index in [9.17, 15) is 4.79 Å². The fourth-order valence-electron chi connectivity index (χ4n) is 2.11. The van der Waals surface area contributed by atoms with Gasteiger partial charge in [0, 0.05) is 13.1 Å². The van der Waals surface area contributed by atoms with Crippen LogP contribution in [0.4, 0.5) is 0 Å². The fraction of sp³-hybridized carbons (Fsp3) is 0.588. The van der Waals surface area contributed by atoms with Crippen molar-refractivity contribution in [3.05, 3.63) is 29.8 Å². The molecule has 0 radical (unpaired) electrons. The SMILES string of the molecule is CCCCN(CCCC)C(=O)c1ccccc1OCC. The molecule has 0 unspecified atom stereocenters. The van der Waals surface area contributed by atoms with E-state index in [-0.39, 0.29) is 5.91 Å². The van der Waals surface area contributed by atoms with Crippen molar-refractivity contribution in [2.24, 2.45) is 0 Å². The number of hydrogen-bond acceptors (Lipinski definition) is 2. The van der Waals surface area contributed by atoms with E-state index < -0.39 is 0 Å². The van der Waals surface area contributed by atoms with Gasteiger partial charge in [-0.05, 0) is 31.9 Å². The zero-order valence-corrected chi connectivity index (χ0v) is 13.0. The number of rotatable bonds is 9. The van der Waals surface area contributed by atoms with Crippen molar-refractivity contribution < 1.29 is 9.53 Å². The molecular weight excluding hydrogens is 250 g/mol. The highest BCUT2D eigenvalue weighted by Gasteiger charge is 2.18. The third kappa shape index (κ3) is 4.87. The van der Waals surface area contributed by atoms with Crippen LogP contribution in [0.5, 0.6) is 5.75 Å². The van der Waals surface area contributed by atoms with E-state index in [4.69, 9.17) is 4.74 Å². The van der Waals surface area contributed by atoms with E-state index in [2.05, 4.69) is 13.8 Å². The van der Waals surface area contributed by atoms with Gasteiger partial charge in [-0.3, -0.25) is 4.79 Å². The summed E-state index contributed by atoms with van der Waals surface area (Å²) >= 11 is 0. The molecule has 0 aliphatic carbocycles. The van der Waals surface area contributed by atoms with Gasteiger partial charge in [0.05, 0.1) is 12.2 Å². The Morgan fingerprint density at radius 1 is 1.05 bits per heavy atom. The summed E-state index contributed by atoms with van der Waals surface area (Å²) in [7, 11) is 0. The monoisotopic (exact) mass is 277 g/mol. The zero-order valence-electron chi connectivity index (χ0n) is 13.0. The number of carbonyl (C=O) groups is 1. The molecule has 0 saturated heterocycles. The Morgan fingerprint density at radius 3 is 2.20 bits per heavy atom. The molecule has 3 nitrogen and oxygen atoms in total. The maximum atomic E-state index is 12.7. The summed E-state index contributed by atoms with van der Waals surface area (Å²) in [6.45, 7) is 8.47. The smallest absolute Gasteiger partial charge is 0.257 e. The third-order valence-electron chi connectivity index (χ3n) is 3.27. The zero-order chi connectivity index (χ0) is 14.8. The van der Waals surface area contributed by atoms with Gasteiger partial charge < -0.3 is 9.64 Å². The van der Waals surface area contributed by atoms with Gasteiger partial charge in [-0.2, -0.15) is 0 Å². The standard InChI is InChI=1S/C17H27NO2/c1-4-7-13-18(14-8-5-2)17(19)15-11-9-10-12-16(15)20-6-3/h9-12H,4-8,13-14H2,1-3H3. The first-order valence-corrected chi connectivity index (χ1v) is 7.75. The van der Waals surface area contributed by atoms with E-state index in [0.717, 1.165) is 38.8 Å². The van der Waals surface area contributed by atoms with Gasteiger partial charge in [-0.25, -0.2) is 0 Å². The van der Waals surface area contributed by atoms with Crippen molar-refractivity contribution in [2.75, 3.05) is 19.7 Å². The summed E-state index contributed by atoms with van der Waals surface area (Å²) < 4.78 is 5.57. The number of nitrogens with zero attached hydrogens (tertiary/aromatic N) is 1. The first-order valence-electron chi connectivity index (χ1n) is 7.75. The van der Waals surface area contributed by atoms with Crippen LogP contribution in [0.25, 0.3) is 0 Å². The van der Waals surface area contributed by atoms with Crippen LogP contribution in [0.1, 0.15) is 56.8 Å². The Balaban J connectivity index is 2.86. The number of amides is 1. The number of benzene rings is 1. The molecular formula is C17H27NO2. The van der Waals surface area contributed by atoms with Gasteiger partial charge >= 0.3 is 0 Å². The van der Waals surface area contributed by atoms with Crippen molar-refractivity contribution in [3.63, 3.8) is 0 Å². The molecule has 1 aromatic carbocycles. The molecule has 0 aliphatic heterocycles. The molecule has 0 heterocycles. The van der Waals surface area contributed by atoms with Gasteiger partial charge in [0.15, 0.2) is 0 Å². The predicted octanol–water partition coefficient (Wildman–Crippen LogP) is 4.13. The molecule has 0 saturated carbocycles. The number of hydrogen-bond donors (Lipinski definition) is 0. The molecule has 0 atom stereocenters. The van der Waals surface area contributed by atoms with Crippen LogP contribution >= 0.6 is 0 Å². The van der Waals surface area contributed by atoms with Crippen LogP contribution in [-0.2, 0) is 0 Å². The maximum absolute atomic E-state index is 12.7. The Bertz CT molecular complexity index is 396. The van der Waals surface area contributed by atoms with E-state index >= 15 is 0 Å². The number of unbranched alkanes of at least 4 members (excludes halogenated alkanes) is 2. The third-order valence-corrected chi connectivity index (χ3v) is 3.27. The van der Waals surface area contributed by atoms with Crippen molar-refractivity contribution in [1.29, 1.82) is 0 Å². The molecule has 3 heteroatoms. The van der Waals surface area contributed by atoms with Crippen molar-refractivity contribution in [3.8, 4) is 5.75 Å². The summed E-state index contributed by atoms with van der Waals surface area (Å²) in [4.78, 5) is 14.7. The van der Waals surface area contributed by atoms with Gasteiger partial charge in [0.25, 0.3) is 5.91 Å². The lowest BCUT2D eigenvalue weighted by molar-refractivity contribution is 0.0747. The first-order chi connectivity index (χ1) is 9.74. The summed E-state index contributed by atoms with van der Waals surface area (Å²) in [6, 6.07) is 7.53. The topological polar surface area (TPSA) is 29.5 Å². The van der Waals surface area contributed by atoms with E-state index in [0.29, 0.717) is 17.9 Å². The second kappa shape index (κ2) is 9.40. The first kappa shape index (κ1) is 16.5. The maximum Gasteiger partial charge on any atom is 0.257 e. The molecule has 20 heavy (non-hydrogen) atoms. The highest BCUT2D eigenvalue weighted by Crippen LogP contribution is 2.20. The Labute approximate surface area is 122 Å². The Hall–Kier alpha value is -1.51. The van der Waals surface area contributed by atoms with Crippen molar-refractivity contribution in [1.82, 2.24) is 4.90 Å². The minimum Gasteiger partial charge on any atom is -0.493 e. The second-order valence-electron chi connectivity index (χ2n) is 4.93. The largest absolute Gasteiger partial charge is 0.493 e. The lowest BCUT2D eigenvalue weighted by atomic mass is 10.1. The molecule has 1 aromatic rings. The van der Waals surface area contributed by atoms with Crippen LogP contribution in [-0.4, -0.2) is 30.5 Å². The molecule has 1 amide bonds. The molecule has 0 fully saturated rings. The molecule has 112 valence electrons. The van der Waals surface area contributed by atoms with Crippen LogP contribution < -0.4 is 4.74 Å². The van der Waals surface area contributed by atoms with Crippen LogP contribution in [0, 0.1) is 0 Å². The average molecular weight is 277 g/mol. The van der Waals surface area contributed by atoms with Gasteiger partial charge in [0.2, 0.25) is 0 Å². The summed E-state index contributed by atoms with van der Waals surface area (Å²) in [5.74, 6) is 0.786. The number of carbonyl (C=O) groups excluding carboxylic acids is 1. The molecule has 0 N–H and O–H groups in total. The highest BCUT2D eigenvalue weighted by atomic mass is 16.5. The second-order valence-corrected chi connectivity index (χ2v) is 4.93. The molecule has 0 bridgehead atoms. The fourth-order valence-corrected chi connectivity index (χ4v) is 2.11. The minimum atomic E-state index is 0.0935.